The normalized spacial score (nSPS) is 10.0. The minimum Gasteiger partial charge on any atom is -0.480 e. The van der Waals surface area contributed by atoms with Crippen LogP contribution in [0.4, 0.5) is 0 Å². The zero-order valence-electron chi connectivity index (χ0n) is 10.2. The lowest BCUT2D eigenvalue weighted by atomic mass is 10.4. The fraction of sp³-hybridized carbons (Fsp3) is 0.545. The molecule has 1 aromatic rings. The number of carbonyl (C=O) groups is 1. The number of rotatable bonds is 7. The summed E-state index contributed by atoms with van der Waals surface area (Å²) >= 11 is 0. The minimum atomic E-state index is -0.00618. The number of hydrogen-bond donors (Lipinski definition) is 2. The molecule has 0 aliphatic rings. The van der Waals surface area contributed by atoms with E-state index in [1.807, 2.05) is 13.0 Å². The highest BCUT2D eigenvalue weighted by Crippen LogP contribution is 2.02. The van der Waals surface area contributed by atoms with Gasteiger partial charge in [0.05, 0.1) is 19.3 Å². The van der Waals surface area contributed by atoms with Crippen molar-refractivity contribution in [3.63, 3.8) is 0 Å². The SMILES string of the molecule is CCCNC(=O)CNCc1ccc(OC)nn1. The van der Waals surface area contributed by atoms with E-state index >= 15 is 0 Å². The lowest BCUT2D eigenvalue weighted by Crippen LogP contribution is -2.34. The quantitative estimate of drug-likeness (QED) is 0.704. The van der Waals surface area contributed by atoms with Crippen LogP contribution in [-0.4, -0.2) is 36.3 Å². The van der Waals surface area contributed by atoms with E-state index in [9.17, 15) is 4.79 Å². The van der Waals surface area contributed by atoms with Crippen molar-refractivity contribution >= 4 is 5.91 Å². The van der Waals surface area contributed by atoms with Crippen LogP contribution in [0.1, 0.15) is 19.0 Å². The van der Waals surface area contributed by atoms with Gasteiger partial charge in [0.1, 0.15) is 0 Å². The minimum absolute atomic E-state index is 0.00618. The van der Waals surface area contributed by atoms with Gasteiger partial charge < -0.3 is 15.4 Å². The van der Waals surface area contributed by atoms with E-state index in [2.05, 4.69) is 20.8 Å². The summed E-state index contributed by atoms with van der Waals surface area (Å²) in [5, 5.41) is 13.5. The molecule has 0 saturated carbocycles. The predicted molar refractivity (Wildman–Crippen MR) is 63.6 cm³/mol. The first-order valence-electron chi connectivity index (χ1n) is 5.60. The fourth-order valence-corrected chi connectivity index (χ4v) is 1.18. The van der Waals surface area contributed by atoms with Crippen molar-refractivity contribution in [2.45, 2.75) is 19.9 Å². The van der Waals surface area contributed by atoms with Crippen LogP contribution >= 0.6 is 0 Å². The second kappa shape index (κ2) is 7.56. The fourth-order valence-electron chi connectivity index (χ4n) is 1.18. The molecule has 0 radical (unpaired) electrons. The Kier molecular flexibility index (Phi) is 5.95. The number of methoxy groups -OCH3 is 1. The molecule has 0 unspecified atom stereocenters. The molecule has 6 nitrogen and oxygen atoms in total. The average molecular weight is 238 g/mol. The Morgan fingerprint density at radius 2 is 2.24 bits per heavy atom. The number of amides is 1. The van der Waals surface area contributed by atoms with Crippen LogP contribution in [0.2, 0.25) is 0 Å². The summed E-state index contributed by atoms with van der Waals surface area (Å²) in [6.07, 6.45) is 0.940. The predicted octanol–water partition coefficient (Wildman–Crippen LogP) is 0.101. The lowest BCUT2D eigenvalue weighted by Gasteiger charge is -2.05. The van der Waals surface area contributed by atoms with Gasteiger partial charge in [0.15, 0.2) is 0 Å². The van der Waals surface area contributed by atoms with Gasteiger partial charge in [-0.25, -0.2) is 0 Å². The van der Waals surface area contributed by atoms with Crippen molar-refractivity contribution in [3.8, 4) is 5.88 Å². The molecule has 1 rings (SSSR count). The van der Waals surface area contributed by atoms with Crippen LogP contribution in [0.3, 0.4) is 0 Å². The molecule has 6 heteroatoms. The zero-order chi connectivity index (χ0) is 12.5. The standard InChI is InChI=1S/C11H18N4O2/c1-3-6-13-10(16)8-12-7-9-4-5-11(17-2)15-14-9/h4-5,12H,3,6-8H2,1-2H3,(H,13,16). The molecule has 0 fully saturated rings. The molecule has 2 N–H and O–H groups in total. The number of ether oxygens (including phenoxy) is 1. The van der Waals surface area contributed by atoms with Gasteiger partial charge in [-0.2, -0.15) is 5.10 Å². The molecule has 0 spiro atoms. The van der Waals surface area contributed by atoms with Gasteiger partial charge in [-0.05, 0) is 12.5 Å². The molecule has 0 saturated heterocycles. The first-order valence-corrected chi connectivity index (χ1v) is 5.60. The van der Waals surface area contributed by atoms with E-state index in [1.165, 1.54) is 0 Å². The second-order valence-electron chi connectivity index (χ2n) is 3.52. The van der Waals surface area contributed by atoms with Crippen molar-refractivity contribution in [3.05, 3.63) is 17.8 Å². The number of nitrogens with one attached hydrogen (secondary N) is 2. The highest BCUT2D eigenvalue weighted by Gasteiger charge is 2.01. The molecule has 17 heavy (non-hydrogen) atoms. The molecule has 1 aromatic heterocycles. The van der Waals surface area contributed by atoms with Crippen LogP contribution in [0.25, 0.3) is 0 Å². The van der Waals surface area contributed by atoms with Crippen molar-refractivity contribution in [1.82, 2.24) is 20.8 Å². The van der Waals surface area contributed by atoms with Crippen molar-refractivity contribution in [2.75, 3.05) is 20.2 Å². The van der Waals surface area contributed by atoms with Crippen LogP contribution < -0.4 is 15.4 Å². The Hall–Kier alpha value is -1.69. The molecular formula is C11H18N4O2. The Labute approximate surface area is 101 Å². The third-order valence-electron chi connectivity index (χ3n) is 2.07. The van der Waals surface area contributed by atoms with Crippen LogP contribution in [0.5, 0.6) is 5.88 Å². The number of aromatic nitrogens is 2. The highest BCUT2D eigenvalue weighted by molar-refractivity contribution is 5.77. The van der Waals surface area contributed by atoms with Gasteiger partial charge in [0.25, 0.3) is 0 Å². The number of carbonyl (C=O) groups excluding carboxylic acids is 1. The molecule has 94 valence electrons. The van der Waals surface area contributed by atoms with Crippen molar-refractivity contribution < 1.29 is 9.53 Å². The van der Waals surface area contributed by atoms with E-state index in [4.69, 9.17) is 4.74 Å². The van der Waals surface area contributed by atoms with Gasteiger partial charge >= 0.3 is 0 Å². The summed E-state index contributed by atoms with van der Waals surface area (Å²) < 4.78 is 4.90. The van der Waals surface area contributed by atoms with Crippen molar-refractivity contribution in [1.29, 1.82) is 0 Å². The largest absolute Gasteiger partial charge is 0.480 e. The molecule has 0 aliphatic heterocycles. The smallest absolute Gasteiger partial charge is 0.233 e. The van der Waals surface area contributed by atoms with Gasteiger partial charge in [0.2, 0.25) is 11.8 Å². The molecule has 0 aliphatic carbocycles. The third kappa shape index (κ3) is 5.26. The van der Waals surface area contributed by atoms with E-state index in [-0.39, 0.29) is 12.5 Å². The Morgan fingerprint density at radius 1 is 1.41 bits per heavy atom. The topological polar surface area (TPSA) is 76.1 Å². The highest BCUT2D eigenvalue weighted by atomic mass is 16.5. The maximum Gasteiger partial charge on any atom is 0.233 e. The summed E-state index contributed by atoms with van der Waals surface area (Å²) in [6.45, 7) is 3.52. The Balaban J connectivity index is 2.23. The Bertz CT molecular complexity index is 340. The molecule has 0 atom stereocenters. The molecule has 0 bridgehead atoms. The van der Waals surface area contributed by atoms with Crippen LogP contribution in [-0.2, 0) is 11.3 Å². The molecular weight excluding hydrogens is 220 g/mol. The van der Waals surface area contributed by atoms with Crippen molar-refractivity contribution in [2.24, 2.45) is 0 Å². The molecule has 1 amide bonds. The Morgan fingerprint density at radius 3 is 2.82 bits per heavy atom. The van der Waals surface area contributed by atoms with E-state index in [0.717, 1.165) is 12.1 Å². The van der Waals surface area contributed by atoms with Crippen LogP contribution in [0, 0.1) is 0 Å². The number of nitrogens with zero attached hydrogens (tertiary/aromatic N) is 2. The van der Waals surface area contributed by atoms with Gasteiger partial charge in [0, 0.05) is 19.2 Å². The van der Waals surface area contributed by atoms with Gasteiger partial charge in [-0.15, -0.1) is 5.10 Å². The summed E-state index contributed by atoms with van der Waals surface area (Å²) in [7, 11) is 1.54. The van der Waals surface area contributed by atoms with E-state index in [0.29, 0.717) is 19.0 Å². The van der Waals surface area contributed by atoms with Gasteiger partial charge in [-0.3, -0.25) is 4.79 Å². The molecule has 1 heterocycles. The monoisotopic (exact) mass is 238 g/mol. The molecule has 0 aromatic carbocycles. The average Bonchev–Trinajstić information content (AvgIpc) is 2.37. The maximum absolute atomic E-state index is 11.3. The van der Waals surface area contributed by atoms with E-state index in [1.54, 1.807) is 13.2 Å². The lowest BCUT2D eigenvalue weighted by molar-refractivity contribution is -0.120. The third-order valence-corrected chi connectivity index (χ3v) is 2.07. The zero-order valence-corrected chi connectivity index (χ0v) is 10.2. The summed E-state index contributed by atoms with van der Waals surface area (Å²) in [5.41, 5.74) is 0.772. The first-order chi connectivity index (χ1) is 8.26. The second-order valence-corrected chi connectivity index (χ2v) is 3.52. The summed E-state index contributed by atoms with van der Waals surface area (Å²) in [6, 6.07) is 3.55. The summed E-state index contributed by atoms with van der Waals surface area (Å²) in [4.78, 5) is 11.3. The number of hydrogen-bond acceptors (Lipinski definition) is 5. The maximum atomic E-state index is 11.3. The first kappa shape index (κ1) is 13.4. The van der Waals surface area contributed by atoms with Crippen LogP contribution in [0.15, 0.2) is 12.1 Å². The summed E-state index contributed by atoms with van der Waals surface area (Å²) in [5.74, 6) is 0.475. The van der Waals surface area contributed by atoms with E-state index < -0.39 is 0 Å². The van der Waals surface area contributed by atoms with Gasteiger partial charge in [-0.1, -0.05) is 6.92 Å².